The number of nitrogens with zero attached hydrogens (tertiary/aromatic N) is 2. The van der Waals surface area contributed by atoms with E-state index in [4.69, 9.17) is 10.5 Å². The number of aryl methyl sites for hydroxylation is 1. The first-order chi connectivity index (χ1) is 10.6. The van der Waals surface area contributed by atoms with Gasteiger partial charge in [0.05, 0.1) is 6.61 Å². The van der Waals surface area contributed by atoms with Crippen LogP contribution in [0.25, 0.3) is 0 Å². The first-order valence-electron chi connectivity index (χ1n) is 7.26. The second-order valence-corrected chi connectivity index (χ2v) is 6.38. The van der Waals surface area contributed by atoms with Crippen LogP contribution < -0.4 is 5.73 Å². The van der Waals surface area contributed by atoms with E-state index in [9.17, 15) is 4.79 Å². The van der Waals surface area contributed by atoms with Gasteiger partial charge in [0, 0.05) is 36.3 Å². The summed E-state index contributed by atoms with van der Waals surface area (Å²) in [5.41, 5.74) is 8.02. The first kappa shape index (κ1) is 15.1. The highest BCUT2D eigenvalue weighted by Gasteiger charge is 2.24. The molecule has 6 heteroatoms. The lowest BCUT2D eigenvalue weighted by Crippen LogP contribution is -2.37. The van der Waals surface area contributed by atoms with Gasteiger partial charge in [-0.05, 0) is 24.6 Å². The van der Waals surface area contributed by atoms with Crippen LogP contribution >= 0.6 is 11.3 Å². The molecule has 116 valence electrons. The summed E-state index contributed by atoms with van der Waals surface area (Å²) in [5, 5.41) is 3.08. The van der Waals surface area contributed by atoms with Gasteiger partial charge < -0.3 is 10.5 Å². The van der Waals surface area contributed by atoms with Gasteiger partial charge in [0.25, 0.3) is 0 Å². The molecule has 22 heavy (non-hydrogen) atoms. The van der Waals surface area contributed by atoms with Gasteiger partial charge >= 0.3 is 0 Å². The average molecular weight is 317 g/mol. The number of hydrogen-bond acceptors (Lipinski definition) is 5. The lowest BCUT2D eigenvalue weighted by atomic mass is 10.1. The molecular weight excluding hydrogens is 298 g/mol. The summed E-state index contributed by atoms with van der Waals surface area (Å²) in [4.78, 5) is 18.1. The number of benzene rings is 1. The van der Waals surface area contributed by atoms with Crippen LogP contribution in [0.5, 0.6) is 0 Å². The van der Waals surface area contributed by atoms with Crippen molar-refractivity contribution in [3.8, 4) is 0 Å². The van der Waals surface area contributed by atoms with Gasteiger partial charge in [-0.25, -0.2) is 4.98 Å². The van der Waals surface area contributed by atoms with Crippen LogP contribution in [0, 0.1) is 6.92 Å². The lowest BCUT2D eigenvalue weighted by Gasteiger charge is -2.32. The van der Waals surface area contributed by atoms with Crippen molar-refractivity contribution in [3.05, 3.63) is 51.5 Å². The fourth-order valence-corrected chi connectivity index (χ4v) is 3.43. The van der Waals surface area contributed by atoms with Crippen molar-refractivity contribution >= 4 is 17.2 Å². The Labute approximate surface area is 133 Å². The van der Waals surface area contributed by atoms with Crippen LogP contribution in [0.2, 0.25) is 0 Å². The molecule has 5 nitrogen and oxygen atoms in total. The van der Waals surface area contributed by atoms with E-state index in [1.54, 1.807) is 17.4 Å². The topological polar surface area (TPSA) is 68.5 Å². The number of carbonyl (C=O) groups is 1. The number of nitrogens with two attached hydrogens (primary N) is 1. The minimum atomic E-state index is -0.389. The molecule has 0 aliphatic carbocycles. The molecule has 1 amide bonds. The Hall–Kier alpha value is -1.76. The Morgan fingerprint density at radius 3 is 3.14 bits per heavy atom. The van der Waals surface area contributed by atoms with Gasteiger partial charge in [-0.3, -0.25) is 9.69 Å². The van der Waals surface area contributed by atoms with E-state index in [2.05, 4.69) is 9.88 Å². The zero-order valence-electron chi connectivity index (χ0n) is 12.5. The molecule has 0 radical (unpaired) electrons. The van der Waals surface area contributed by atoms with Gasteiger partial charge in [-0.1, -0.05) is 12.1 Å². The maximum Gasteiger partial charge on any atom is 0.248 e. The van der Waals surface area contributed by atoms with Crippen LogP contribution in [0.4, 0.5) is 0 Å². The Kier molecular flexibility index (Phi) is 4.52. The van der Waals surface area contributed by atoms with Crippen molar-refractivity contribution < 1.29 is 9.53 Å². The number of primary amides is 1. The lowest BCUT2D eigenvalue weighted by molar-refractivity contribution is -0.0330. The highest BCUT2D eigenvalue weighted by molar-refractivity contribution is 7.09. The number of thiazole rings is 1. The largest absolute Gasteiger partial charge is 0.368 e. The number of aromatic nitrogens is 1. The number of morpholine rings is 1. The highest BCUT2D eigenvalue weighted by Crippen LogP contribution is 2.26. The zero-order chi connectivity index (χ0) is 15.5. The van der Waals surface area contributed by atoms with Crippen molar-refractivity contribution in [2.24, 2.45) is 5.73 Å². The standard InChI is InChI=1S/C16H19N3O2S/c1-11-10-22-16(18-11)14-9-19(5-6-21-14)8-12-3-2-4-13(7-12)15(17)20/h2-4,7,10,14H,5-6,8-9H2,1H3,(H2,17,20)/t14-/m1/s1. The molecule has 0 spiro atoms. The van der Waals surface area contributed by atoms with Crippen LogP contribution in [-0.2, 0) is 11.3 Å². The SMILES string of the molecule is Cc1csc([C@H]2CN(Cc3cccc(C(N)=O)c3)CCO2)n1. The molecule has 0 unspecified atom stereocenters. The molecule has 1 aromatic carbocycles. The van der Waals surface area contributed by atoms with Crippen molar-refractivity contribution in [1.29, 1.82) is 0 Å². The Bertz CT molecular complexity index is 671. The summed E-state index contributed by atoms with van der Waals surface area (Å²) in [5.74, 6) is -0.389. The third-order valence-electron chi connectivity index (χ3n) is 3.68. The molecule has 1 fully saturated rings. The molecule has 1 aliphatic rings. The van der Waals surface area contributed by atoms with E-state index in [1.807, 2.05) is 30.5 Å². The fraction of sp³-hybridized carbons (Fsp3) is 0.375. The van der Waals surface area contributed by atoms with Crippen LogP contribution in [0.15, 0.2) is 29.6 Å². The summed E-state index contributed by atoms with van der Waals surface area (Å²) >= 11 is 1.65. The van der Waals surface area contributed by atoms with E-state index in [0.29, 0.717) is 12.2 Å². The first-order valence-corrected chi connectivity index (χ1v) is 8.14. The van der Waals surface area contributed by atoms with Gasteiger partial charge in [0.2, 0.25) is 5.91 Å². The van der Waals surface area contributed by atoms with E-state index in [1.165, 1.54) is 0 Å². The van der Waals surface area contributed by atoms with E-state index >= 15 is 0 Å². The second-order valence-electron chi connectivity index (χ2n) is 5.49. The summed E-state index contributed by atoms with van der Waals surface area (Å²) in [6.45, 7) is 5.16. The number of rotatable bonds is 4. The summed E-state index contributed by atoms with van der Waals surface area (Å²) in [6, 6.07) is 7.49. The number of amides is 1. The smallest absolute Gasteiger partial charge is 0.248 e. The van der Waals surface area contributed by atoms with Gasteiger partial charge in [0.15, 0.2) is 0 Å². The van der Waals surface area contributed by atoms with E-state index < -0.39 is 0 Å². The van der Waals surface area contributed by atoms with Crippen molar-refractivity contribution in [1.82, 2.24) is 9.88 Å². The molecular formula is C16H19N3O2S. The molecule has 1 aromatic heterocycles. The number of carbonyl (C=O) groups excluding carboxylic acids is 1. The van der Waals surface area contributed by atoms with E-state index in [-0.39, 0.29) is 12.0 Å². The molecule has 0 saturated carbocycles. The monoisotopic (exact) mass is 317 g/mol. The van der Waals surface area contributed by atoms with Crippen LogP contribution in [0.3, 0.4) is 0 Å². The molecule has 2 heterocycles. The summed E-state index contributed by atoms with van der Waals surface area (Å²) < 4.78 is 5.84. The summed E-state index contributed by atoms with van der Waals surface area (Å²) in [7, 11) is 0. The fourth-order valence-electron chi connectivity index (χ4n) is 2.60. The molecule has 2 aromatic rings. The number of ether oxygens (including phenoxy) is 1. The van der Waals surface area contributed by atoms with Gasteiger partial charge in [-0.15, -0.1) is 11.3 Å². The molecule has 3 rings (SSSR count). The van der Waals surface area contributed by atoms with Crippen molar-refractivity contribution in [2.75, 3.05) is 19.7 Å². The minimum Gasteiger partial charge on any atom is -0.368 e. The molecule has 1 aliphatic heterocycles. The van der Waals surface area contributed by atoms with Crippen LogP contribution in [-0.4, -0.2) is 35.5 Å². The summed E-state index contributed by atoms with van der Waals surface area (Å²) in [6.07, 6.45) is 0.0340. The second kappa shape index (κ2) is 6.56. The van der Waals surface area contributed by atoms with Crippen molar-refractivity contribution in [3.63, 3.8) is 0 Å². The quantitative estimate of drug-likeness (QED) is 0.938. The molecule has 0 bridgehead atoms. The van der Waals surface area contributed by atoms with E-state index in [0.717, 1.165) is 35.9 Å². The van der Waals surface area contributed by atoms with Crippen LogP contribution in [0.1, 0.15) is 32.7 Å². The Morgan fingerprint density at radius 2 is 2.41 bits per heavy atom. The Morgan fingerprint density at radius 1 is 1.55 bits per heavy atom. The predicted octanol–water partition coefficient (Wildman–Crippen LogP) is 2.12. The molecule has 2 N–H and O–H groups in total. The highest BCUT2D eigenvalue weighted by atomic mass is 32.1. The maximum atomic E-state index is 11.3. The average Bonchev–Trinajstić information content (AvgIpc) is 2.94. The normalized spacial score (nSPS) is 19.2. The van der Waals surface area contributed by atoms with Crippen molar-refractivity contribution in [2.45, 2.75) is 19.6 Å². The van der Waals surface area contributed by atoms with Gasteiger partial charge in [-0.2, -0.15) is 0 Å². The third kappa shape index (κ3) is 3.52. The van der Waals surface area contributed by atoms with Gasteiger partial charge in [0.1, 0.15) is 11.1 Å². The predicted molar refractivity (Wildman–Crippen MR) is 85.8 cm³/mol. The minimum absolute atomic E-state index is 0.0340. The number of hydrogen-bond donors (Lipinski definition) is 1. The Balaban J connectivity index is 1.67. The maximum absolute atomic E-state index is 11.3. The zero-order valence-corrected chi connectivity index (χ0v) is 13.3. The molecule has 1 atom stereocenters. The molecule has 1 saturated heterocycles. The third-order valence-corrected chi connectivity index (χ3v) is 4.74.